The summed E-state index contributed by atoms with van der Waals surface area (Å²) in [4.78, 5) is 14.5. The third-order valence-corrected chi connectivity index (χ3v) is 4.06. The second kappa shape index (κ2) is 14.9. The van der Waals surface area contributed by atoms with Gasteiger partial charge in [-0.05, 0) is 36.5 Å². The maximum atomic E-state index is 12.5. The highest BCUT2D eigenvalue weighted by Gasteiger charge is 2.21. The van der Waals surface area contributed by atoms with Crippen LogP contribution in [0.15, 0.2) is 24.3 Å². The van der Waals surface area contributed by atoms with Gasteiger partial charge in [0.15, 0.2) is 0 Å². The molecule has 1 aromatic carbocycles. The topological polar surface area (TPSA) is 41.6 Å². The van der Waals surface area contributed by atoms with Gasteiger partial charge < -0.3 is 15.0 Å². The van der Waals surface area contributed by atoms with Crippen LogP contribution in [0.5, 0.6) is 0 Å². The van der Waals surface area contributed by atoms with Gasteiger partial charge in [-0.25, -0.2) is 0 Å². The molecule has 1 aliphatic heterocycles. The Hall–Kier alpha value is -1.39. The van der Waals surface area contributed by atoms with Crippen LogP contribution in [0.25, 0.3) is 0 Å². The number of piperidine rings is 1. The lowest BCUT2D eigenvalue weighted by Crippen LogP contribution is -2.37. The number of hydrogen-bond acceptors (Lipinski definition) is 3. The van der Waals surface area contributed by atoms with Crippen molar-refractivity contribution in [2.75, 3.05) is 33.4 Å². The second-order valence-electron chi connectivity index (χ2n) is 5.84. The predicted octanol–water partition coefficient (Wildman–Crippen LogP) is 4.35. The van der Waals surface area contributed by atoms with Crippen LogP contribution >= 0.6 is 0 Å². The molecule has 2 rings (SSSR count). The molecule has 1 aliphatic rings. The first-order valence-electron chi connectivity index (χ1n) is 9.78. The lowest BCUT2D eigenvalue weighted by molar-refractivity contribution is 0.0697. The monoisotopic (exact) mass is 350 g/mol. The molecule has 1 aromatic rings. The lowest BCUT2D eigenvalue weighted by atomic mass is 9.98. The van der Waals surface area contributed by atoms with E-state index >= 15 is 0 Å². The Balaban J connectivity index is 0.00000134. The van der Waals surface area contributed by atoms with Crippen LogP contribution < -0.4 is 5.32 Å². The van der Waals surface area contributed by atoms with Crippen LogP contribution in [-0.4, -0.2) is 44.2 Å². The lowest BCUT2D eigenvalue weighted by Gasteiger charge is -2.30. The Labute approximate surface area is 154 Å². The number of rotatable bonds is 6. The van der Waals surface area contributed by atoms with Gasteiger partial charge in [-0.15, -0.1) is 0 Å². The van der Waals surface area contributed by atoms with Gasteiger partial charge in [0.1, 0.15) is 0 Å². The van der Waals surface area contributed by atoms with Crippen molar-refractivity contribution in [2.24, 2.45) is 5.92 Å². The van der Waals surface area contributed by atoms with Crippen molar-refractivity contribution < 1.29 is 9.53 Å². The fourth-order valence-corrected chi connectivity index (χ4v) is 2.62. The fourth-order valence-electron chi connectivity index (χ4n) is 2.62. The molecule has 25 heavy (non-hydrogen) atoms. The molecule has 1 heterocycles. The van der Waals surface area contributed by atoms with Gasteiger partial charge in [-0.2, -0.15) is 0 Å². The van der Waals surface area contributed by atoms with Crippen LogP contribution in [0.1, 0.15) is 63.4 Å². The zero-order valence-corrected chi connectivity index (χ0v) is 17.1. The van der Waals surface area contributed by atoms with Crippen molar-refractivity contribution in [3.05, 3.63) is 35.4 Å². The van der Waals surface area contributed by atoms with E-state index in [-0.39, 0.29) is 5.91 Å². The Morgan fingerprint density at radius 1 is 1.20 bits per heavy atom. The van der Waals surface area contributed by atoms with Gasteiger partial charge >= 0.3 is 0 Å². The average Bonchev–Trinajstić information content (AvgIpc) is 2.69. The molecule has 0 spiro atoms. The molecule has 0 saturated carbocycles. The van der Waals surface area contributed by atoms with Crippen molar-refractivity contribution in [2.45, 2.75) is 54.0 Å². The minimum Gasteiger partial charge on any atom is -0.383 e. The van der Waals surface area contributed by atoms with E-state index in [1.54, 1.807) is 7.11 Å². The van der Waals surface area contributed by atoms with Gasteiger partial charge in [-0.1, -0.05) is 46.8 Å². The number of carbonyl (C=O) groups is 1. The fraction of sp³-hybridized carbons (Fsp3) is 0.667. The van der Waals surface area contributed by atoms with Gasteiger partial charge in [0.2, 0.25) is 0 Å². The minimum atomic E-state index is 0.167. The number of nitrogens with zero attached hydrogens (tertiary/aromatic N) is 1. The molecule has 4 heteroatoms. The normalized spacial score (nSPS) is 14.1. The van der Waals surface area contributed by atoms with Crippen molar-refractivity contribution in [1.82, 2.24) is 10.2 Å². The van der Waals surface area contributed by atoms with Gasteiger partial charge in [-0.3, -0.25) is 4.79 Å². The Morgan fingerprint density at radius 3 is 2.44 bits per heavy atom. The van der Waals surface area contributed by atoms with Crippen LogP contribution in [0.4, 0.5) is 0 Å². The highest BCUT2D eigenvalue weighted by atomic mass is 16.5. The molecule has 1 fully saturated rings. The summed E-state index contributed by atoms with van der Waals surface area (Å²) in [6.45, 7) is 14.3. The van der Waals surface area contributed by atoms with Crippen LogP contribution in [0, 0.1) is 5.92 Å². The molecule has 144 valence electrons. The van der Waals surface area contributed by atoms with E-state index in [9.17, 15) is 4.79 Å². The smallest absolute Gasteiger partial charge is 0.253 e. The van der Waals surface area contributed by atoms with E-state index in [1.807, 2.05) is 50.8 Å². The zero-order valence-electron chi connectivity index (χ0n) is 17.1. The average molecular weight is 351 g/mol. The highest BCUT2D eigenvalue weighted by molar-refractivity contribution is 5.94. The Morgan fingerprint density at radius 2 is 1.84 bits per heavy atom. The zero-order chi connectivity index (χ0) is 19.1. The van der Waals surface area contributed by atoms with E-state index in [2.05, 4.69) is 18.3 Å². The maximum absolute atomic E-state index is 12.5. The van der Waals surface area contributed by atoms with Gasteiger partial charge in [0.05, 0.1) is 6.61 Å². The first-order valence-corrected chi connectivity index (χ1v) is 9.78. The van der Waals surface area contributed by atoms with Gasteiger partial charge in [0.25, 0.3) is 5.91 Å². The molecular weight excluding hydrogens is 312 g/mol. The minimum absolute atomic E-state index is 0.167. The van der Waals surface area contributed by atoms with E-state index in [1.165, 1.54) is 0 Å². The molecule has 0 unspecified atom stereocenters. The largest absolute Gasteiger partial charge is 0.383 e. The molecule has 1 saturated heterocycles. The van der Waals surface area contributed by atoms with Crippen molar-refractivity contribution >= 4 is 5.91 Å². The summed E-state index contributed by atoms with van der Waals surface area (Å²) in [7, 11) is 1.69. The van der Waals surface area contributed by atoms with Crippen molar-refractivity contribution in [1.29, 1.82) is 0 Å². The number of hydrogen-bond donors (Lipinski definition) is 1. The Bertz CT molecular complexity index is 455. The number of nitrogens with one attached hydrogen (secondary N) is 1. The summed E-state index contributed by atoms with van der Waals surface area (Å²) in [5.41, 5.74) is 1.94. The first-order chi connectivity index (χ1) is 12.2. The molecule has 0 aromatic heterocycles. The first kappa shape index (κ1) is 23.6. The van der Waals surface area contributed by atoms with E-state index in [4.69, 9.17) is 4.74 Å². The second-order valence-corrected chi connectivity index (χ2v) is 5.84. The van der Waals surface area contributed by atoms with E-state index < -0.39 is 0 Å². The summed E-state index contributed by atoms with van der Waals surface area (Å²) in [6.07, 6.45) is 2.23. The summed E-state index contributed by atoms with van der Waals surface area (Å²) in [5.74, 6) is 0.908. The predicted molar refractivity (Wildman–Crippen MR) is 107 cm³/mol. The van der Waals surface area contributed by atoms with Crippen molar-refractivity contribution in [3.63, 3.8) is 0 Å². The molecule has 0 atom stereocenters. The molecule has 0 bridgehead atoms. The van der Waals surface area contributed by atoms with Crippen molar-refractivity contribution in [3.8, 4) is 0 Å². The summed E-state index contributed by atoms with van der Waals surface area (Å²) in [6, 6.07) is 7.93. The van der Waals surface area contributed by atoms with Crippen LogP contribution in [0.2, 0.25) is 0 Å². The summed E-state index contributed by atoms with van der Waals surface area (Å²) >= 11 is 0. The quantitative estimate of drug-likeness (QED) is 0.776. The SMILES string of the molecule is CC.CC.COCCNCc1cccc(C(=O)N2CCC(C)CC2)c1. The third kappa shape index (κ3) is 9.03. The molecule has 4 nitrogen and oxygen atoms in total. The molecular formula is C21H38N2O2. The Kier molecular flexibility index (Phi) is 14.1. The van der Waals surface area contributed by atoms with Crippen LogP contribution in [-0.2, 0) is 11.3 Å². The van der Waals surface area contributed by atoms with E-state index in [0.29, 0.717) is 6.61 Å². The van der Waals surface area contributed by atoms with E-state index in [0.717, 1.165) is 56.1 Å². The molecule has 0 aliphatic carbocycles. The van der Waals surface area contributed by atoms with Gasteiger partial charge in [0, 0.05) is 38.9 Å². The number of carbonyl (C=O) groups excluding carboxylic acids is 1. The molecule has 0 radical (unpaired) electrons. The van der Waals surface area contributed by atoms with Crippen LogP contribution in [0.3, 0.4) is 0 Å². The number of methoxy groups -OCH3 is 1. The molecule has 1 amide bonds. The summed E-state index contributed by atoms with van der Waals surface area (Å²) in [5, 5.41) is 3.30. The third-order valence-electron chi connectivity index (χ3n) is 4.06. The number of ether oxygens (including phenoxy) is 1. The number of amides is 1. The molecule has 1 N–H and O–H groups in total. The number of likely N-dealkylation sites (tertiary alicyclic amines) is 1. The highest BCUT2D eigenvalue weighted by Crippen LogP contribution is 2.18. The maximum Gasteiger partial charge on any atom is 0.253 e. The standard InChI is InChI=1S/C17H26N2O2.2C2H6/c1-14-6-9-19(10-7-14)17(20)16-5-3-4-15(12-16)13-18-8-11-21-2;2*1-2/h3-5,12,14,18H,6-11,13H2,1-2H3;2*1-2H3. The number of benzene rings is 1. The summed E-state index contributed by atoms with van der Waals surface area (Å²) < 4.78 is 5.01.